The van der Waals surface area contributed by atoms with Crippen molar-refractivity contribution in [2.24, 2.45) is 0 Å². The normalized spacial score (nSPS) is 11.0. The predicted octanol–water partition coefficient (Wildman–Crippen LogP) is 6.38. The number of ether oxygens (including phenoxy) is 1. The second-order valence-electron chi connectivity index (χ2n) is 7.66. The largest absolute Gasteiger partial charge is 0.485 e. The van der Waals surface area contributed by atoms with Crippen LogP contribution in [0.15, 0.2) is 65.7 Å². The zero-order valence-electron chi connectivity index (χ0n) is 18.5. The molecule has 0 saturated heterocycles. The summed E-state index contributed by atoms with van der Waals surface area (Å²) in [5, 5.41) is 12.8. The van der Waals surface area contributed by atoms with Crippen molar-refractivity contribution >= 4 is 23.1 Å². The number of hydrogen-bond donors (Lipinski definition) is 0. The highest BCUT2D eigenvalue weighted by Crippen LogP contribution is 2.28. The van der Waals surface area contributed by atoms with Gasteiger partial charge in [0.25, 0.3) is 0 Å². The molecule has 2 heterocycles. The highest BCUT2D eigenvalue weighted by molar-refractivity contribution is 7.98. The first-order valence-electron chi connectivity index (χ1n) is 10.4. The number of aryl methyl sites for hydroxylation is 3. The minimum atomic E-state index is 0.361. The minimum absolute atomic E-state index is 0.361. The average Bonchev–Trinajstić information content (AvgIpc) is 3.39. The van der Waals surface area contributed by atoms with Crippen molar-refractivity contribution in [3.63, 3.8) is 0 Å². The third-order valence-corrected chi connectivity index (χ3v) is 6.90. The van der Waals surface area contributed by atoms with Gasteiger partial charge in [-0.25, -0.2) is 4.98 Å². The van der Waals surface area contributed by atoms with Gasteiger partial charge in [0.05, 0.1) is 5.69 Å². The Labute approximate surface area is 197 Å². The van der Waals surface area contributed by atoms with Gasteiger partial charge in [0.1, 0.15) is 17.4 Å². The van der Waals surface area contributed by atoms with Crippen LogP contribution in [-0.2, 0) is 18.9 Å². The number of thiazole rings is 1. The summed E-state index contributed by atoms with van der Waals surface area (Å²) in [6.07, 6.45) is 1.85. The molecule has 4 rings (SSSR count). The number of allylic oxidation sites excluding steroid dienone is 1. The van der Waals surface area contributed by atoms with Gasteiger partial charge in [0, 0.05) is 23.2 Å². The van der Waals surface area contributed by atoms with Crippen LogP contribution in [0.2, 0.25) is 0 Å². The Kier molecular flexibility index (Phi) is 7.07. The van der Waals surface area contributed by atoms with E-state index in [0.717, 1.165) is 44.3 Å². The topological polar surface area (TPSA) is 52.8 Å². The standard InChI is InChI=1S/C25H26N4OS2/c1-5-11-29-23(14-30-22-10-9-18(3)12-19(22)4)27-28-25(29)32-16-21-15-31-24(26-21)20-8-6-7-17(2)13-20/h5-10,12-13,15H,1,11,14,16H2,2-4H3. The van der Waals surface area contributed by atoms with Crippen molar-refractivity contribution in [3.8, 4) is 16.3 Å². The second-order valence-corrected chi connectivity index (χ2v) is 9.46. The molecule has 0 aliphatic rings. The van der Waals surface area contributed by atoms with E-state index in [1.165, 1.54) is 11.1 Å². The van der Waals surface area contributed by atoms with Crippen LogP contribution in [0, 0.1) is 20.8 Å². The van der Waals surface area contributed by atoms with E-state index >= 15 is 0 Å². The van der Waals surface area contributed by atoms with Crippen molar-refractivity contribution < 1.29 is 4.74 Å². The molecule has 0 N–H and O–H groups in total. The Morgan fingerprint density at radius 3 is 2.72 bits per heavy atom. The molecule has 0 spiro atoms. The lowest BCUT2D eigenvalue weighted by Gasteiger charge is -2.11. The van der Waals surface area contributed by atoms with Crippen molar-refractivity contribution in [1.82, 2.24) is 19.7 Å². The monoisotopic (exact) mass is 462 g/mol. The summed E-state index contributed by atoms with van der Waals surface area (Å²) < 4.78 is 8.08. The fraction of sp³-hybridized carbons (Fsp3) is 0.240. The first-order chi connectivity index (χ1) is 15.5. The number of nitrogens with zero attached hydrogens (tertiary/aromatic N) is 4. The van der Waals surface area contributed by atoms with E-state index in [-0.39, 0.29) is 0 Å². The van der Waals surface area contributed by atoms with Crippen molar-refractivity contribution in [2.45, 2.75) is 44.8 Å². The van der Waals surface area contributed by atoms with E-state index in [1.807, 2.05) is 12.1 Å². The van der Waals surface area contributed by atoms with Gasteiger partial charge in [-0.05, 0) is 38.5 Å². The lowest BCUT2D eigenvalue weighted by atomic mass is 10.1. The number of hydrogen-bond acceptors (Lipinski definition) is 6. The summed E-state index contributed by atoms with van der Waals surface area (Å²) in [5.41, 5.74) is 5.77. The molecule has 164 valence electrons. The van der Waals surface area contributed by atoms with Crippen molar-refractivity contribution in [2.75, 3.05) is 0 Å². The fourth-order valence-corrected chi connectivity index (χ4v) is 5.15. The van der Waals surface area contributed by atoms with Crippen LogP contribution in [0.5, 0.6) is 5.75 Å². The van der Waals surface area contributed by atoms with Gasteiger partial charge in [0.2, 0.25) is 0 Å². The summed E-state index contributed by atoms with van der Waals surface area (Å²) >= 11 is 3.30. The van der Waals surface area contributed by atoms with Gasteiger partial charge in [0.15, 0.2) is 11.0 Å². The number of aromatic nitrogens is 4. The molecule has 2 aromatic heterocycles. The fourth-order valence-electron chi connectivity index (χ4n) is 3.37. The first kappa shape index (κ1) is 22.3. The molecule has 5 nitrogen and oxygen atoms in total. The summed E-state index contributed by atoms with van der Waals surface area (Å²) in [6, 6.07) is 14.6. The second kappa shape index (κ2) is 10.1. The maximum Gasteiger partial charge on any atom is 0.191 e. The molecule has 0 aliphatic carbocycles. The summed E-state index contributed by atoms with van der Waals surface area (Å²) in [6.45, 7) is 11.1. The van der Waals surface area contributed by atoms with Crippen LogP contribution in [0.4, 0.5) is 0 Å². The molecule has 0 bridgehead atoms. The zero-order valence-corrected chi connectivity index (χ0v) is 20.2. The van der Waals surface area contributed by atoms with Crippen LogP contribution in [0.3, 0.4) is 0 Å². The smallest absolute Gasteiger partial charge is 0.191 e. The van der Waals surface area contributed by atoms with E-state index in [0.29, 0.717) is 13.2 Å². The lowest BCUT2D eigenvalue weighted by Crippen LogP contribution is -2.08. The van der Waals surface area contributed by atoms with E-state index in [1.54, 1.807) is 23.1 Å². The van der Waals surface area contributed by atoms with Crippen LogP contribution in [0.1, 0.15) is 28.2 Å². The molecule has 0 aliphatic heterocycles. The highest BCUT2D eigenvalue weighted by Gasteiger charge is 2.14. The molecule has 0 amide bonds. The Bertz CT molecular complexity index is 1230. The van der Waals surface area contributed by atoms with E-state index in [9.17, 15) is 0 Å². The highest BCUT2D eigenvalue weighted by atomic mass is 32.2. The molecule has 0 unspecified atom stereocenters. The van der Waals surface area contributed by atoms with Gasteiger partial charge in [-0.3, -0.25) is 4.57 Å². The summed E-state index contributed by atoms with van der Waals surface area (Å²) in [4.78, 5) is 4.81. The predicted molar refractivity (Wildman–Crippen MR) is 132 cm³/mol. The molecule has 32 heavy (non-hydrogen) atoms. The summed E-state index contributed by atoms with van der Waals surface area (Å²) in [7, 11) is 0. The third-order valence-electron chi connectivity index (χ3n) is 4.96. The SMILES string of the molecule is C=CCn1c(COc2ccc(C)cc2C)nnc1SCc1csc(-c2cccc(C)c2)n1. The van der Waals surface area contributed by atoms with Crippen LogP contribution >= 0.6 is 23.1 Å². The van der Waals surface area contributed by atoms with E-state index in [2.05, 4.69) is 83.9 Å². The minimum Gasteiger partial charge on any atom is -0.485 e. The van der Waals surface area contributed by atoms with Crippen LogP contribution in [-0.4, -0.2) is 19.7 Å². The Morgan fingerprint density at radius 2 is 1.94 bits per heavy atom. The van der Waals surface area contributed by atoms with Gasteiger partial charge >= 0.3 is 0 Å². The summed E-state index contributed by atoms with van der Waals surface area (Å²) in [5.74, 6) is 2.38. The van der Waals surface area contributed by atoms with Gasteiger partial charge in [-0.1, -0.05) is 59.3 Å². The zero-order chi connectivity index (χ0) is 22.5. The molecule has 0 fully saturated rings. The van der Waals surface area contributed by atoms with Crippen molar-refractivity contribution in [3.05, 3.63) is 88.7 Å². The maximum atomic E-state index is 6.03. The number of thioether (sulfide) groups is 1. The third kappa shape index (κ3) is 5.29. The number of benzene rings is 2. The van der Waals surface area contributed by atoms with Crippen LogP contribution < -0.4 is 4.74 Å². The van der Waals surface area contributed by atoms with E-state index < -0.39 is 0 Å². The molecular weight excluding hydrogens is 436 g/mol. The van der Waals surface area contributed by atoms with Gasteiger partial charge in [-0.2, -0.15) is 0 Å². The van der Waals surface area contributed by atoms with Gasteiger partial charge < -0.3 is 4.74 Å². The molecule has 4 aromatic rings. The van der Waals surface area contributed by atoms with Crippen molar-refractivity contribution in [1.29, 1.82) is 0 Å². The molecule has 0 saturated carbocycles. The quantitative estimate of drug-likeness (QED) is 0.213. The Morgan fingerprint density at radius 1 is 1.09 bits per heavy atom. The molecule has 0 atom stereocenters. The molecule has 7 heteroatoms. The number of rotatable bonds is 9. The van der Waals surface area contributed by atoms with E-state index in [4.69, 9.17) is 9.72 Å². The average molecular weight is 463 g/mol. The first-order valence-corrected chi connectivity index (χ1v) is 12.3. The molecule has 0 radical (unpaired) electrons. The Balaban J connectivity index is 1.44. The van der Waals surface area contributed by atoms with Gasteiger partial charge in [-0.15, -0.1) is 28.1 Å². The maximum absolute atomic E-state index is 6.03. The molecular formula is C25H26N4OS2. The Hall–Kier alpha value is -2.90. The van der Waals surface area contributed by atoms with Crippen LogP contribution in [0.25, 0.3) is 10.6 Å². The molecule has 2 aromatic carbocycles. The lowest BCUT2D eigenvalue weighted by molar-refractivity contribution is 0.287.